The van der Waals surface area contributed by atoms with Gasteiger partial charge in [0.1, 0.15) is 12.4 Å². The average Bonchev–Trinajstić information content (AvgIpc) is 2.82. The molecule has 4 rings (SSSR count). The molecule has 156 valence electrons. The van der Waals surface area contributed by atoms with Crippen molar-refractivity contribution in [1.82, 2.24) is 14.9 Å². The smallest absolute Gasteiger partial charge is 0.261 e. The predicted octanol–water partition coefficient (Wildman–Crippen LogP) is 3.68. The van der Waals surface area contributed by atoms with Gasteiger partial charge in [-0.05, 0) is 35.4 Å². The summed E-state index contributed by atoms with van der Waals surface area (Å²) in [6.45, 7) is 1.22. The highest BCUT2D eigenvalue weighted by atomic mass is 16.5. The molecular formula is C25H23N3O3. The number of hydrogen-bond donors (Lipinski definition) is 1. The Morgan fingerprint density at radius 1 is 0.903 bits per heavy atom. The molecule has 0 bridgehead atoms. The second kappa shape index (κ2) is 9.71. The van der Waals surface area contributed by atoms with Crippen LogP contribution < -0.4 is 15.6 Å². The molecule has 1 amide bonds. The quantitative estimate of drug-likeness (QED) is 0.478. The number of aryl methyl sites for hydroxylation is 1. The molecule has 0 aliphatic rings. The molecule has 0 spiro atoms. The van der Waals surface area contributed by atoms with E-state index in [0.29, 0.717) is 24.1 Å². The van der Waals surface area contributed by atoms with Crippen molar-refractivity contribution in [3.63, 3.8) is 0 Å². The van der Waals surface area contributed by atoms with Crippen LogP contribution in [0.25, 0.3) is 10.9 Å². The average molecular weight is 413 g/mol. The van der Waals surface area contributed by atoms with Gasteiger partial charge in [-0.2, -0.15) is 0 Å². The highest BCUT2D eigenvalue weighted by molar-refractivity contribution is 5.77. The van der Waals surface area contributed by atoms with Gasteiger partial charge in [-0.1, -0.05) is 54.6 Å². The zero-order valence-corrected chi connectivity index (χ0v) is 17.0. The normalized spacial score (nSPS) is 10.7. The van der Waals surface area contributed by atoms with Crippen molar-refractivity contribution in [3.8, 4) is 5.75 Å². The lowest BCUT2D eigenvalue weighted by molar-refractivity contribution is -0.121. The number of carbonyl (C=O) groups excluding carboxylic acids is 1. The van der Waals surface area contributed by atoms with E-state index in [1.165, 1.54) is 10.9 Å². The van der Waals surface area contributed by atoms with Gasteiger partial charge in [0, 0.05) is 19.5 Å². The van der Waals surface area contributed by atoms with E-state index in [2.05, 4.69) is 10.3 Å². The molecular weight excluding hydrogens is 390 g/mol. The maximum atomic E-state index is 12.5. The van der Waals surface area contributed by atoms with Gasteiger partial charge in [-0.15, -0.1) is 0 Å². The minimum absolute atomic E-state index is 0.121. The molecule has 4 aromatic rings. The van der Waals surface area contributed by atoms with Gasteiger partial charge in [0.2, 0.25) is 5.91 Å². The monoisotopic (exact) mass is 413 g/mol. The molecule has 6 heteroatoms. The maximum absolute atomic E-state index is 12.5. The first-order chi connectivity index (χ1) is 15.2. The largest absolute Gasteiger partial charge is 0.489 e. The molecule has 0 atom stereocenters. The van der Waals surface area contributed by atoms with E-state index < -0.39 is 0 Å². The molecule has 1 heterocycles. The van der Waals surface area contributed by atoms with Crippen LogP contribution in [0.15, 0.2) is 90.0 Å². The van der Waals surface area contributed by atoms with Gasteiger partial charge >= 0.3 is 0 Å². The standard InChI is InChI=1S/C25H23N3O3/c29-24(14-15-28-18-27-23-9-5-4-8-22(23)25(28)30)26-16-19-10-12-21(13-11-19)31-17-20-6-2-1-3-7-20/h1-13,18H,14-17H2,(H,26,29). The molecule has 0 aliphatic carbocycles. The van der Waals surface area contributed by atoms with Gasteiger partial charge in [-0.3, -0.25) is 14.2 Å². The second-order valence-electron chi connectivity index (χ2n) is 7.21. The lowest BCUT2D eigenvalue weighted by atomic mass is 10.2. The lowest BCUT2D eigenvalue weighted by Crippen LogP contribution is -2.27. The summed E-state index contributed by atoms with van der Waals surface area (Å²) in [6, 6.07) is 24.8. The number of fused-ring (bicyclic) bond motifs is 1. The molecule has 0 saturated heterocycles. The van der Waals surface area contributed by atoms with E-state index in [9.17, 15) is 9.59 Å². The van der Waals surface area contributed by atoms with Gasteiger partial charge in [0.25, 0.3) is 5.56 Å². The number of ether oxygens (including phenoxy) is 1. The fourth-order valence-electron chi connectivity index (χ4n) is 3.22. The lowest BCUT2D eigenvalue weighted by Gasteiger charge is -2.09. The zero-order valence-electron chi connectivity index (χ0n) is 17.0. The van der Waals surface area contributed by atoms with E-state index in [1.807, 2.05) is 60.7 Å². The van der Waals surface area contributed by atoms with Gasteiger partial charge < -0.3 is 10.1 Å². The van der Waals surface area contributed by atoms with E-state index in [-0.39, 0.29) is 24.4 Å². The maximum Gasteiger partial charge on any atom is 0.261 e. The minimum atomic E-state index is -0.135. The molecule has 6 nitrogen and oxygen atoms in total. The summed E-state index contributed by atoms with van der Waals surface area (Å²) in [5.41, 5.74) is 2.61. The first kappa shape index (κ1) is 20.3. The Morgan fingerprint density at radius 3 is 2.45 bits per heavy atom. The van der Waals surface area contributed by atoms with Crippen molar-refractivity contribution in [2.24, 2.45) is 0 Å². The molecule has 0 saturated carbocycles. The van der Waals surface area contributed by atoms with E-state index >= 15 is 0 Å². The number of nitrogens with one attached hydrogen (secondary N) is 1. The van der Waals surface area contributed by atoms with Crippen LogP contribution in [0.2, 0.25) is 0 Å². The highest BCUT2D eigenvalue weighted by Crippen LogP contribution is 2.14. The van der Waals surface area contributed by atoms with Crippen LogP contribution in [0.5, 0.6) is 5.75 Å². The number of nitrogens with zero attached hydrogens (tertiary/aromatic N) is 2. The summed E-state index contributed by atoms with van der Waals surface area (Å²) in [7, 11) is 0. The predicted molar refractivity (Wildman–Crippen MR) is 120 cm³/mol. The van der Waals surface area contributed by atoms with Crippen molar-refractivity contribution in [2.45, 2.75) is 26.1 Å². The Bertz CT molecular complexity index is 1220. The van der Waals surface area contributed by atoms with Crippen molar-refractivity contribution in [1.29, 1.82) is 0 Å². The minimum Gasteiger partial charge on any atom is -0.489 e. The Labute approximate surface area is 180 Å². The number of benzene rings is 3. The number of para-hydroxylation sites is 1. The van der Waals surface area contributed by atoms with Crippen LogP contribution in [0, 0.1) is 0 Å². The molecule has 1 aromatic heterocycles. The van der Waals surface area contributed by atoms with Gasteiger partial charge in [-0.25, -0.2) is 4.98 Å². The number of amides is 1. The van der Waals surface area contributed by atoms with Gasteiger partial charge in [0.15, 0.2) is 0 Å². The summed E-state index contributed by atoms with van der Waals surface area (Å²) in [6.07, 6.45) is 1.70. The Balaban J connectivity index is 1.25. The molecule has 0 aliphatic heterocycles. The molecule has 0 fully saturated rings. The third kappa shape index (κ3) is 5.36. The van der Waals surface area contributed by atoms with Crippen LogP contribution in [-0.4, -0.2) is 15.5 Å². The number of carbonyl (C=O) groups is 1. The van der Waals surface area contributed by atoms with Crippen molar-refractivity contribution in [2.75, 3.05) is 0 Å². The molecule has 3 aromatic carbocycles. The molecule has 1 N–H and O–H groups in total. The van der Waals surface area contributed by atoms with E-state index in [0.717, 1.165) is 16.9 Å². The molecule has 0 unspecified atom stereocenters. The van der Waals surface area contributed by atoms with Crippen molar-refractivity contribution >= 4 is 16.8 Å². The van der Waals surface area contributed by atoms with Crippen LogP contribution in [0.4, 0.5) is 0 Å². The fraction of sp³-hybridized carbons (Fsp3) is 0.160. The Kier molecular flexibility index (Phi) is 6.38. The Hall–Kier alpha value is -3.93. The topological polar surface area (TPSA) is 73.2 Å². The highest BCUT2D eigenvalue weighted by Gasteiger charge is 2.07. The van der Waals surface area contributed by atoms with Crippen molar-refractivity contribution < 1.29 is 9.53 Å². The Morgan fingerprint density at radius 2 is 1.65 bits per heavy atom. The SMILES string of the molecule is O=C(CCn1cnc2ccccc2c1=O)NCc1ccc(OCc2ccccc2)cc1. The number of hydrogen-bond acceptors (Lipinski definition) is 4. The van der Waals surface area contributed by atoms with E-state index in [4.69, 9.17) is 4.74 Å². The summed E-state index contributed by atoms with van der Waals surface area (Å²) in [4.78, 5) is 29.0. The zero-order chi connectivity index (χ0) is 21.5. The molecule has 31 heavy (non-hydrogen) atoms. The number of aromatic nitrogens is 2. The molecule has 0 radical (unpaired) electrons. The van der Waals surface area contributed by atoms with Crippen LogP contribution in [-0.2, 0) is 24.5 Å². The summed E-state index contributed by atoms with van der Waals surface area (Å²) < 4.78 is 7.25. The first-order valence-electron chi connectivity index (χ1n) is 10.2. The van der Waals surface area contributed by atoms with E-state index in [1.54, 1.807) is 18.2 Å². The van der Waals surface area contributed by atoms with Crippen LogP contribution in [0.1, 0.15) is 17.5 Å². The number of rotatable bonds is 8. The summed E-state index contributed by atoms with van der Waals surface area (Å²) in [5.74, 6) is 0.659. The third-order valence-corrected chi connectivity index (χ3v) is 4.97. The second-order valence-corrected chi connectivity index (χ2v) is 7.21. The van der Waals surface area contributed by atoms with Crippen molar-refractivity contribution in [3.05, 3.63) is 107 Å². The fourth-order valence-corrected chi connectivity index (χ4v) is 3.22. The third-order valence-electron chi connectivity index (χ3n) is 4.97. The van der Waals surface area contributed by atoms with Gasteiger partial charge in [0.05, 0.1) is 17.2 Å². The summed E-state index contributed by atoms with van der Waals surface area (Å²) >= 11 is 0. The first-order valence-corrected chi connectivity index (χ1v) is 10.2. The van der Waals surface area contributed by atoms with Crippen LogP contribution >= 0.6 is 0 Å². The summed E-state index contributed by atoms with van der Waals surface area (Å²) in [5, 5.41) is 3.44. The van der Waals surface area contributed by atoms with Crippen LogP contribution in [0.3, 0.4) is 0 Å².